The number of rotatable bonds is 11. The molecular formula is C28H32N2O4. The van der Waals surface area contributed by atoms with Gasteiger partial charge in [-0.05, 0) is 41.8 Å². The quantitative estimate of drug-likeness (QED) is 0.334. The summed E-state index contributed by atoms with van der Waals surface area (Å²) in [6.07, 6.45) is 0.737. The molecule has 0 fully saturated rings. The fraction of sp³-hybridized carbons (Fsp3) is 0.321. The van der Waals surface area contributed by atoms with Crippen LogP contribution >= 0.6 is 0 Å². The number of methoxy groups -OCH3 is 2. The van der Waals surface area contributed by atoms with E-state index in [0.717, 1.165) is 34.4 Å². The molecule has 0 saturated carbocycles. The molecule has 0 saturated heterocycles. The van der Waals surface area contributed by atoms with Crippen molar-refractivity contribution < 1.29 is 19.3 Å². The van der Waals surface area contributed by atoms with Gasteiger partial charge in [0.2, 0.25) is 0 Å². The minimum Gasteiger partial charge on any atom is -0.493 e. The summed E-state index contributed by atoms with van der Waals surface area (Å²) in [5.41, 5.74) is 4.07. The summed E-state index contributed by atoms with van der Waals surface area (Å²) in [4.78, 5) is 4.86. The molecule has 1 aromatic heterocycles. The maximum Gasteiger partial charge on any atom is 0.161 e. The number of aromatic nitrogens is 2. The van der Waals surface area contributed by atoms with Crippen LogP contribution in [0.4, 0.5) is 0 Å². The predicted molar refractivity (Wildman–Crippen MR) is 134 cm³/mol. The van der Waals surface area contributed by atoms with Crippen LogP contribution in [0.1, 0.15) is 36.4 Å². The molecule has 3 aromatic carbocycles. The Kier molecular flexibility index (Phi) is 7.83. The standard InChI is InChI=1S/C28H32N2O4/c1-4-25(21-10-6-5-7-11-21)34-19-22(31)18-30-24-13-9-8-12-23(24)29-28(30)17-20-14-15-26(32-2)27(16-20)33-3/h5-16,22,25,31H,4,17-19H2,1-3H3. The number of para-hydroxylation sites is 2. The monoisotopic (exact) mass is 460 g/mol. The third kappa shape index (κ3) is 5.41. The summed E-state index contributed by atoms with van der Waals surface area (Å²) in [5.74, 6) is 2.25. The van der Waals surface area contributed by atoms with Crippen LogP contribution < -0.4 is 9.47 Å². The number of aliphatic hydroxyl groups is 1. The fourth-order valence-electron chi connectivity index (χ4n) is 4.25. The van der Waals surface area contributed by atoms with Crippen LogP contribution in [0.3, 0.4) is 0 Å². The average Bonchev–Trinajstić information content (AvgIpc) is 3.21. The van der Waals surface area contributed by atoms with E-state index in [2.05, 4.69) is 23.6 Å². The molecule has 178 valence electrons. The molecule has 34 heavy (non-hydrogen) atoms. The second-order valence-corrected chi connectivity index (χ2v) is 8.29. The van der Waals surface area contributed by atoms with Gasteiger partial charge in [-0.2, -0.15) is 0 Å². The van der Waals surface area contributed by atoms with Crippen molar-refractivity contribution in [3.05, 3.63) is 89.7 Å². The SMILES string of the molecule is CCC(OCC(O)Cn1c(Cc2ccc(OC)c(OC)c2)nc2ccccc21)c1ccccc1. The van der Waals surface area contributed by atoms with Crippen LogP contribution in [0.2, 0.25) is 0 Å². The molecule has 6 heteroatoms. The maximum absolute atomic E-state index is 10.9. The lowest BCUT2D eigenvalue weighted by molar-refractivity contribution is -0.0174. The van der Waals surface area contributed by atoms with Gasteiger partial charge in [0.25, 0.3) is 0 Å². The number of hydrogen-bond donors (Lipinski definition) is 1. The first-order valence-corrected chi connectivity index (χ1v) is 11.6. The van der Waals surface area contributed by atoms with E-state index in [1.54, 1.807) is 14.2 Å². The first-order valence-electron chi connectivity index (χ1n) is 11.6. The zero-order chi connectivity index (χ0) is 23.9. The van der Waals surface area contributed by atoms with Crippen molar-refractivity contribution in [2.24, 2.45) is 0 Å². The summed E-state index contributed by atoms with van der Waals surface area (Å²) in [6, 6.07) is 24.0. The van der Waals surface area contributed by atoms with Crippen molar-refractivity contribution >= 4 is 11.0 Å². The molecule has 1 N–H and O–H groups in total. The third-order valence-electron chi connectivity index (χ3n) is 5.97. The Bertz CT molecular complexity index is 1210. The number of aliphatic hydroxyl groups excluding tert-OH is 1. The number of fused-ring (bicyclic) bond motifs is 1. The summed E-state index contributed by atoms with van der Waals surface area (Å²) < 4.78 is 19.0. The van der Waals surface area contributed by atoms with E-state index >= 15 is 0 Å². The smallest absolute Gasteiger partial charge is 0.161 e. The molecule has 6 nitrogen and oxygen atoms in total. The lowest BCUT2D eigenvalue weighted by atomic mass is 10.1. The Hall–Kier alpha value is -3.35. The maximum atomic E-state index is 10.9. The van der Waals surface area contributed by atoms with Crippen molar-refractivity contribution in [1.29, 1.82) is 0 Å². The highest BCUT2D eigenvalue weighted by Gasteiger charge is 2.18. The van der Waals surface area contributed by atoms with Gasteiger partial charge in [-0.3, -0.25) is 0 Å². The van der Waals surface area contributed by atoms with E-state index in [4.69, 9.17) is 19.2 Å². The molecule has 0 spiro atoms. The van der Waals surface area contributed by atoms with Crippen LogP contribution in [0.25, 0.3) is 11.0 Å². The topological polar surface area (TPSA) is 65.7 Å². The van der Waals surface area contributed by atoms with E-state index in [9.17, 15) is 5.11 Å². The minimum atomic E-state index is -0.667. The van der Waals surface area contributed by atoms with Gasteiger partial charge in [0.1, 0.15) is 5.82 Å². The Morgan fingerprint density at radius 1 is 0.912 bits per heavy atom. The van der Waals surface area contributed by atoms with Crippen LogP contribution in [0.15, 0.2) is 72.8 Å². The summed E-state index contributed by atoms with van der Waals surface area (Å²) in [7, 11) is 3.26. The molecule has 4 aromatic rings. The van der Waals surface area contributed by atoms with E-state index in [0.29, 0.717) is 24.5 Å². The highest BCUT2D eigenvalue weighted by atomic mass is 16.5. The minimum absolute atomic E-state index is 0.0402. The van der Waals surface area contributed by atoms with E-state index < -0.39 is 6.10 Å². The molecule has 0 aliphatic rings. The van der Waals surface area contributed by atoms with E-state index in [-0.39, 0.29) is 12.7 Å². The number of imidazole rings is 1. The number of ether oxygens (including phenoxy) is 3. The fourth-order valence-corrected chi connectivity index (χ4v) is 4.25. The van der Waals surface area contributed by atoms with Crippen molar-refractivity contribution in [2.45, 2.75) is 38.5 Å². The van der Waals surface area contributed by atoms with Gasteiger partial charge in [-0.1, -0.05) is 55.5 Å². The highest BCUT2D eigenvalue weighted by Crippen LogP contribution is 2.29. The molecule has 0 aliphatic carbocycles. The Morgan fingerprint density at radius 3 is 2.38 bits per heavy atom. The molecule has 0 amide bonds. The second kappa shape index (κ2) is 11.2. The highest BCUT2D eigenvalue weighted by molar-refractivity contribution is 5.76. The van der Waals surface area contributed by atoms with Crippen molar-refractivity contribution in [3.8, 4) is 11.5 Å². The Morgan fingerprint density at radius 2 is 1.65 bits per heavy atom. The van der Waals surface area contributed by atoms with Gasteiger partial charge in [-0.15, -0.1) is 0 Å². The zero-order valence-corrected chi connectivity index (χ0v) is 20.0. The lowest BCUT2D eigenvalue weighted by Crippen LogP contribution is -2.24. The molecule has 2 atom stereocenters. The third-order valence-corrected chi connectivity index (χ3v) is 5.97. The molecule has 1 heterocycles. The second-order valence-electron chi connectivity index (χ2n) is 8.29. The van der Waals surface area contributed by atoms with Crippen molar-refractivity contribution in [2.75, 3.05) is 20.8 Å². The average molecular weight is 461 g/mol. The van der Waals surface area contributed by atoms with Crippen LogP contribution in [-0.2, 0) is 17.7 Å². The van der Waals surface area contributed by atoms with Crippen LogP contribution in [0, 0.1) is 0 Å². The van der Waals surface area contributed by atoms with E-state index in [1.165, 1.54) is 0 Å². The Labute approximate surface area is 200 Å². The van der Waals surface area contributed by atoms with Gasteiger partial charge in [-0.25, -0.2) is 4.98 Å². The van der Waals surface area contributed by atoms with Crippen LogP contribution in [0.5, 0.6) is 11.5 Å². The molecule has 0 aliphatic heterocycles. The first kappa shape index (κ1) is 23.8. The summed E-state index contributed by atoms with van der Waals surface area (Å²) >= 11 is 0. The lowest BCUT2D eigenvalue weighted by Gasteiger charge is -2.20. The molecule has 4 rings (SSSR count). The van der Waals surface area contributed by atoms with Gasteiger partial charge >= 0.3 is 0 Å². The normalized spacial score (nSPS) is 13.1. The number of nitrogens with zero attached hydrogens (tertiary/aromatic N) is 2. The van der Waals surface area contributed by atoms with Gasteiger partial charge in [0.15, 0.2) is 11.5 Å². The first-order chi connectivity index (χ1) is 16.6. The molecule has 0 radical (unpaired) electrons. The van der Waals surface area contributed by atoms with Gasteiger partial charge in [0, 0.05) is 6.42 Å². The number of hydrogen-bond acceptors (Lipinski definition) is 5. The Balaban J connectivity index is 1.53. The molecule has 0 bridgehead atoms. The largest absolute Gasteiger partial charge is 0.493 e. The predicted octanol–water partition coefficient (Wildman–Crippen LogP) is 5.17. The summed E-state index contributed by atoms with van der Waals surface area (Å²) in [5, 5.41) is 10.9. The van der Waals surface area contributed by atoms with Gasteiger partial charge in [0.05, 0.1) is 50.6 Å². The van der Waals surface area contributed by atoms with Gasteiger partial charge < -0.3 is 23.9 Å². The molecule has 2 unspecified atom stereocenters. The van der Waals surface area contributed by atoms with Crippen molar-refractivity contribution in [3.63, 3.8) is 0 Å². The zero-order valence-electron chi connectivity index (χ0n) is 20.0. The van der Waals surface area contributed by atoms with E-state index in [1.807, 2.05) is 60.7 Å². The molecular weight excluding hydrogens is 428 g/mol. The summed E-state index contributed by atoms with van der Waals surface area (Å²) in [6.45, 7) is 2.73. The van der Waals surface area contributed by atoms with Crippen LogP contribution in [-0.4, -0.2) is 41.6 Å². The van der Waals surface area contributed by atoms with Crippen molar-refractivity contribution in [1.82, 2.24) is 9.55 Å². The number of benzene rings is 3.